The second-order valence-electron chi connectivity index (χ2n) is 10.7. The standard InChI is InChI=1S/C29H47NO3/c1-6-7-8-14-23(31)16-17-24-26(32)19-27-28(24)25-15-11-13-22(29(25)33-27)12-9-10-18-30(20(2)3)21(4)5/h11,13,15-17,20-21,23-24,26-28,31-32H,6-10,12,14,18-19H2,1-5H3/b17-16+/t23-,24-,26+,27-,28-/m0/s1. The lowest BCUT2D eigenvalue weighted by molar-refractivity contribution is 0.135. The molecule has 186 valence electrons. The summed E-state index contributed by atoms with van der Waals surface area (Å²) in [7, 11) is 0. The van der Waals surface area contributed by atoms with E-state index in [1.54, 1.807) is 0 Å². The number of ether oxygens (including phenoxy) is 1. The average Bonchev–Trinajstić information content (AvgIpc) is 3.26. The monoisotopic (exact) mass is 457 g/mol. The van der Waals surface area contributed by atoms with Crippen molar-refractivity contribution in [2.75, 3.05) is 6.54 Å². The molecule has 1 heterocycles. The largest absolute Gasteiger partial charge is 0.489 e. The zero-order valence-corrected chi connectivity index (χ0v) is 21.5. The topological polar surface area (TPSA) is 52.9 Å². The van der Waals surface area contributed by atoms with E-state index < -0.39 is 12.2 Å². The Morgan fingerprint density at radius 2 is 1.85 bits per heavy atom. The van der Waals surface area contributed by atoms with Crippen molar-refractivity contribution in [1.29, 1.82) is 0 Å². The van der Waals surface area contributed by atoms with Gasteiger partial charge in [-0.05, 0) is 65.5 Å². The molecule has 3 rings (SSSR count). The van der Waals surface area contributed by atoms with E-state index in [4.69, 9.17) is 4.74 Å². The molecule has 1 aromatic rings. The Labute approximate surface area is 202 Å². The van der Waals surface area contributed by atoms with Crippen molar-refractivity contribution in [1.82, 2.24) is 4.90 Å². The summed E-state index contributed by atoms with van der Waals surface area (Å²) >= 11 is 0. The van der Waals surface area contributed by atoms with Gasteiger partial charge in [0.15, 0.2) is 0 Å². The van der Waals surface area contributed by atoms with Crippen molar-refractivity contribution in [3.63, 3.8) is 0 Å². The Hall–Kier alpha value is -1.36. The van der Waals surface area contributed by atoms with Crippen molar-refractivity contribution in [3.8, 4) is 5.75 Å². The van der Waals surface area contributed by atoms with Crippen LogP contribution in [0.3, 0.4) is 0 Å². The van der Waals surface area contributed by atoms with Crippen LogP contribution in [0.25, 0.3) is 0 Å². The Morgan fingerprint density at radius 1 is 1.09 bits per heavy atom. The van der Waals surface area contributed by atoms with Crippen LogP contribution in [0.15, 0.2) is 30.4 Å². The highest BCUT2D eigenvalue weighted by Crippen LogP contribution is 2.52. The van der Waals surface area contributed by atoms with Gasteiger partial charge in [-0.15, -0.1) is 0 Å². The highest BCUT2D eigenvalue weighted by Gasteiger charge is 2.48. The van der Waals surface area contributed by atoms with Gasteiger partial charge in [0.05, 0.1) is 12.2 Å². The summed E-state index contributed by atoms with van der Waals surface area (Å²) < 4.78 is 6.44. The molecule has 33 heavy (non-hydrogen) atoms. The fraction of sp³-hybridized carbons (Fsp3) is 0.724. The smallest absolute Gasteiger partial charge is 0.126 e. The molecule has 0 radical (unpaired) electrons. The quantitative estimate of drug-likeness (QED) is 0.288. The van der Waals surface area contributed by atoms with Crippen LogP contribution < -0.4 is 4.74 Å². The molecule has 1 aromatic carbocycles. The number of hydrogen-bond acceptors (Lipinski definition) is 4. The van der Waals surface area contributed by atoms with Crippen molar-refractivity contribution in [2.24, 2.45) is 5.92 Å². The van der Waals surface area contributed by atoms with E-state index in [2.05, 4.69) is 63.8 Å². The molecule has 4 nitrogen and oxygen atoms in total. The first-order valence-corrected chi connectivity index (χ1v) is 13.4. The van der Waals surface area contributed by atoms with Crippen LogP contribution in [-0.4, -0.2) is 52.1 Å². The maximum Gasteiger partial charge on any atom is 0.126 e. The van der Waals surface area contributed by atoms with Gasteiger partial charge in [-0.3, -0.25) is 4.90 Å². The van der Waals surface area contributed by atoms with Crippen molar-refractivity contribution >= 4 is 0 Å². The summed E-state index contributed by atoms with van der Waals surface area (Å²) in [6, 6.07) is 7.70. The predicted molar refractivity (Wildman–Crippen MR) is 137 cm³/mol. The van der Waals surface area contributed by atoms with E-state index in [1.807, 2.05) is 6.08 Å². The summed E-state index contributed by atoms with van der Waals surface area (Å²) in [6.07, 6.45) is 11.4. The summed E-state index contributed by atoms with van der Waals surface area (Å²) in [4.78, 5) is 2.56. The van der Waals surface area contributed by atoms with Gasteiger partial charge in [-0.2, -0.15) is 0 Å². The van der Waals surface area contributed by atoms with Gasteiger partial charge in [-0.25, -0.2) is 0 Å². The normalized spacial score (nSPS) is 25.3. The minimum absolute atomic E-state index is 0.0120. The highest BCUT2D eigenvalue weighted by molar-refractivity contribution is 5.49. The number of fused-ring (bicyclic) bond motifs is 3. The van der Waals surface area contributed by atoms with E-state index in [9.17, 15) is 10.2 Å². The number of aliphatic hydroxyl groups is 2. The maximum atomic E-state index is 10.7. The Morgan fingerprint density at radius 3 is 2.55 bits per heavy atom. The van der Waals surface area contributed by atoms with Gasteiger partial charge in [0.25, 0.3) is 0 Å². The summed E-state index contributed by atoms with van der Waals surface area (Å²) in [6.45, 7) is 12.4. The number of aryl methyl sites for hydroxylation is 1. The third-order valence-corrected chi connectivity index (χ3v) is 7.59. The zero-order chi connectivity index (χ0) is 24.0. The SMILES string of the molecule is CCCCC[C@H](O)/C=C/[C@@H]1[C@H]2c3cccc(CCCCN(C(C)C)C(C)C)c3O[C@H]2C[C@H]1O. The first kappa shape index (κ1) is 26.2. The molecular weight excluding hydrogens is 410 g/mol. The highest BCUT2D eigenvalue weighted by atomic mass is 16.5. The molecule has 0 amide bonds. The molecule has 0 bridgehead atoms. The molecule has 0 spiro atoms. The van der Waals surface area contributed by atoms with Gasteiger partial charge in [0.1, 0.15) is 11.9 Å². The lowest BCUT2D eigenvalue weighted by Gasteiger charge is -2.30. The van der Waals surface area contributed by atoms with Crippen molar-refractivity contribution in [2.45, 2.75) is 122 Å². The number of unbranched alkanes of at least 4 members (excludes halogenated alkanes) is 3. The fourth-order valence-electron chi connectivity index (χ4n) is 5.84. The van der Waals surface area contributed by atoms with E-state index in [0.717, 1.165) is 50.8 Å². The van der Waals surface area contributed by atoms with E-state index >= 15 is 0 Å². The lowest BCUT2D eigenvalue weighted by atomic mass is 9.86. The average molecular weight is 458 g/mol. The minimum atomic E-state index is -0.424. The molecule has 0 saturated heterocycles. The molecule has 2 aliphatic rings. The fourth-order valence-corrected chi connectivity index (χ4v) is 5.84. The van der Waals surface area contributed by atoms with Crippen molar-refractivity contribution < 1.29 is 14.9 Å². The van der Waals surface area contributed by atoms with Crippen LogP contribution in [0.2, 0.25) is 0 Å². The number of benzene rings is 1. The van der Waals surface area contributed by atoms with Crippen LogP contribution in [0.5, 0.6) is 5.75 Å². The van der Waals surface area contributed by atoms with Crippen LogP contribution in [0.4, 0.5) is 0 Å². The Bertz CT molecular complexity index is 751. The lowest BCUT2D eigenvalue weighted by Crippen LogP contribution is -2.37. The molecule has 5 atom stereocenters. The Kier molecular flexibility index (Phi) is 9.84. The number of aliphatic hydroxyl groups excluding tert-OH is 2. The maximum absolute atomic E-state index is 10.7. The molecule has 2 N–H and O–H groups in total. The first-order valence-electron chi connectivity index (χ1n) is 13.4. The summed E-state index contributed by atoms with van der Waals surface area (Å²) in [5.41, 5.74) is 2.55. The molecular formula is C29H47NO3. The van der Waals surface area contributed by atoms with E-state index in [1.165, 1.54) is 17.5 Å². The van der Waals surface area contributed by atoms with Gasteiger partial charge in [-0.1, -0.05) is 56.5 Å². The number of rotatable bonds is 13. The first-order chi connectivity index (χ1) is 15.8. The minimum Gasteiger partial charge on any atom is -0.489 e. The molecule has 1 aliphatic carbocycles. The Balaban J connectivity index is 1.62. The molecule has 0 aromatic heterocycles. The molecule has 1 saturated carbocycles. The predicted octanol–water partition coefficient (Wildman–Crippen LogP) is 5.85. The third kappa shape index (κ3) is 6.61. The zero-order valence-electron chi connectivity index (χ0n) is 21.5. The molecule has 0 unspecified atom stereocenters. The summed E-state index contributed by atoms with van der Waals surface area (Å²) in [5.74, 6) is 1.26. The molecule has 4 heteroatoms. The molecule has 1 aliphatic heterocycles. The van der Waals surface area contributed by atoms with Crippen LogP contribution in [0, 0.1) is 5.92 Å². The van der Waals surface area contributed by atoms with Gasteiger partial charge in [0.2, 0.25) is 0 Å². The number of para-hydroxylation sites is 1. The van der Waals surface area contributed by atoms with Gasteiger partial charge in [0, 0.05) is 35.9 Å². The molecule has 1 fully saturated rings. The van der Waals surface area contributed by atoms with E-state index in [-0.39, 0.29) is 17.9 Å². The number of hydrogen-bond donors (Lipinski definition) is 2. The van der Waals surface area contributed by atoms with Crippen molar-refractivity contribution in [3.05, 3.63) is 41.5 Å². The second-order valence-corrected chi connectivity index (χ2v) is 10.7. The van der Waals surface area contributed by atoms with Crippen LogP contribution in [-0.2, 0) is 6.42 Å². The van der Waals surface area contributed by atoms with Crippen LogP contribution in [0.1, 0.15) is 96.6 Å². The van der Waals surface area contributed by atoms with E-state index in [0.29, 0.717) is 18.5 Å². The van der Waals surface area contributed by atoms with Crippen LogP contribution >= 0.6 is 0 Å². The van der Waals surface area contributed by atoms with Gasteiger partial charge >= 0.3 is 0 Å². The second kappa shape index (κ2) is 12.4. The third-order valence-electron chi connectivity index (χ3n) is 7.59. The van der Waals surface area contributed by atoms with Gasteiger partial charge < -0.3 is 14.9 Å². The number of nitrogens with zero attached hydrogens (tertiary/aromatic N) is 1. The summed E-state index contributed by atoms with van der Waals surface area (Å²) in [5, 5.41) is 21.0.